The van der Waals surface area contributed by atoms with Gasteiger partial charge in [0.25, 0.3) is 0 Å². The van der Waals surface area contributed by atoms with Gasteiger partial charge in [-0.15, -0.1) is 0 Å². The molecule has 1 unspecified atom stereocenters. The van der Waals surface area contributed by atoms with E-state index in [0.717, 1.165) is 26.3 Å². The summed E-state index contributed by atoms with van der Waals surface area (Å²) in [7, 11) is 0. The maximum atomic E-state index is 13.1. The lowest BCUT2D eigenvalue weighted by Crippen LogP contribution is -2.07. The average molecular weight is 385 g/mol. The summed E-state index contributed by atoms with van der Waals surface area (Å²) in [5.74, 6) is 1.32. The first-order chi connectivity index (χ1) is 9.63. The van der Waals surface area contributed by atoms with Crippen molar-refractivity contribution in [1.82, 2.24) is 0 Å². The van der Waals surface area contributed by atoms with Gasteiger partial charge in [0.2, 0.25) is 6.79 Å². The van der Waals surface area contributed by atoms with Gasteiger partial charge < -0.3 is 14.8 Å². The molecule has 0 saturated heterocycles. The molecule has 0 amide bonds. The van der Waals surface area contributed by atoms with Gasteiger partial charge in [-0.25, -0.2) is 4.39 Å². The predicted octanol–water partition coefficient (Wildman–Crippen LogP) is 4.33. The lowest BCUT2D eigenvalue weighted by atomic mass is 10.1. The smallest absolute Gasteiger partial charge is 0.231 e. The van der Waals surface area contributed by atoms with E-state index in [1.165, 1.54) is 12.1 Å². The molecule has 0 spiro atoms. The van der Waals surface area contributed by atoms with Crippen LogP contribution in [0.4, 0.5) is 10.1 Å². The minimum absolute atomic E-state index is 0.0866. The number of halogens is 2. The number of hydrogen-bond acceptors (Lipinski definition) is 3. The molecular formula is C15H13FINO2. The van der Waals surface area contributed by atoms with Crippen molar-refractivity contribution in [3.8, 4) is 11.5 Å². The first-order valence-corrected chi connectivity index (χ1v) is 7.32. The minimum Gasteiger partial charge on any atom is -0.454 e. The summed E-state index contributed by atoms with van der Waals surface area (Å²) in [5.41, 5.74) is 2.01. The molecular weight excluding hydrogens is 372 g/mol. The van der Waals surface area contributed by atoms with E-state index >= 15 is 0 Å². The Morgan fingerprint density at radius 3 is 2.75 bits per heavy atom. The third-order valence-corrected chi connectivity index (χ3v) is 4.09. The molecule has 1 aliphatic rings. The van der Waals surface area contributed by atoms with Gasteiger partial charge in [0, 0.05) is 15.3 Å². The zero-order valence-electron chi connectivity index (χ0n) is 10.8. The summed E-state index contributed by atoms with van der Waals surface area (Å²) in [6.07, 6.45) is 0. The number of fused-ring (bicyclic) bond motifs is 1. The highest BCUT2D eigenvalue weighted by atomic mass is 127. The molecule has 104 valence electrons. The molecule has 0 aliphatic carbocycles. The number of hydrogen-bond donors (Lipinski definition) is 1. The van der Waals surface area contributed by atoms with E-state index in [2.05, 4.69) is 34.8 Å². The van der Waals surface area contributed by atoms with Crippen LogP contribution in [0.15, 0.2) is 36.4 Å². The Morgan fingerprint density at radius 1 is 1.15 bits per heavy atom. The quantitative estimate of drug-likeness (QED) is 0.798. The summed E-state index contributed by atoms with van der Waals surface area (Å²) >= 11 is 2.12. The molecule has 0 radical (unpaired) electrons. The average Bonchev–Trinajstić information content (AvgIpc) is 2.89. The second-order valence-corrected chi connectivity index (χ2v) is 5.77. The zero-order valence-corrected chi connectivity index (χ0v) is 13.0. The first-order valence-electron chi connectivity index (χ1n) is 6.24. The fourth-order valence-electron chi connectivity index (χ4n) is 2.11. The van der Waals surface area contributed by atoms with Crippen LogP contribution in [0.25, 0.3) is 0 Å². The van der Waals surface area contributed by atoms with Gasteiger partial charge in [0.15, 0.2) is 11.5 Å². The van der Waals surface area contributed by atoms with Crippen molar-refractivity contribution in [2.24, 2.45) is 0 Å². The van der Waals surface area contributed by atoms with Crippen LogP contribution in [0.3, 0.4) is 0 Å². The molecule has 0 aromatic heterocycles. The van der Waals surface area contributed by atoms with Crippen LogP contribution in [-0.4, -0.2) is 6.79 Å². The number of rotatable bonds is 3. The molecule has 1 heterocycles. The van der Waals surface area contributed by atoms with Gasteiger partial charge in [0.1, 0.15) is 5.82 Å². The van der Waals surface area contributed by atoms with Crippen LogP contribution in [0.5, 0.6) is 11.5 Å². The van der Waals surface area contributed by atoms with E-state index in [9.17, 15) is 4.39 Å². The summed E-state index contributed by atoms with van der Waals surface area (Å²) in [4.78, 5) is 0. The number of ether oxygens (including phenoxy) is 2. The lowest BCUT2D eigenvalue weighted by molar-refractivity contribution is 0.174. The van der Waals surface area contributed by atoms with E-state index in [1.54, 1.807) is 6.07 Å². The number of nitrogens with one attached hydrogen (secondary N) is 1. The fraction of sp³-hybridized carbons (Fsp3) is 0.200. The molecule has 2 aromatic carbocycles. The van der Waals surface area contributed by atoms with E-state index in [0.29, 0.717) is 0 Å². The van der Waals surface area contributed by atoms with Crippen LogP contribution >= 0.6 is 22.6 Å². The normalized spacial score (nSPS) is 14.2. The van der Waals surface area contributed by atoms with E-state index in [4.69, 9.17) is 9.47 Å². The molecule has 3 rings (SSSR count). The summed E-state index contributed by atoms with van der Waals surface area (Å²) in [6.45, 7) is 2.33. The SMILES string of the molecule is CC(Nc1ccc(F)cc1I)c1ccc2c(c1)OCO2. The highest BCUT2D eigenvalue weighted by molar-refractivity contribution is 14.1. The lowest BCUT2D eigenvalue weighted by Gasteiger charge is -2.17. The second-order valence-electron chi connectivity index (χ2n) is 4.60. The fourth-order valence-corrected chi connectivity index (χ4v) is 2.74. The Morgan fingerprint density at radius 2 is 1.95 bits per heavy atom. The summed E-state index contributed by atoms with van der Waals surface area (Å²) in [6, 6.07) is 10.7. The Labute approximate surface area is 130 Å². The van der Waals surface area contributed by atoms with Crippen LogP contribution in [0.2, 0.25) is 0 Å². The Kier molecular flexibility index (Phi) is 3.69. The van der Waals surface area contributed by atoms with Gasteiger partial charge in [-0.2, -0.15) is 0 Å². The van der Waals surface area contributed by atoms with Crippen molar-refractivity contribution in [3.63, 3.8) is 0 Å². The van der Waals surface area contributed by atoms with Crippen molar-refractivity contribution in [3.05, 3.63) is 51.3 Å². The third-order valence-electron chi connectivity index (χ3n) is 3.20. The predicted molar refractivity (Wildman–Crippen MR) is 83.7 cm³/mol. The van der Waals surface area contributed by atoms with Gasteiger partial charge >= 0.3 is 0 Å². The maximum absolute atomic E-state index is 13.1. The molecule has 2 aromatic rings. The summed E-state index contributed by atoms with van der Waals surface area (Å²) in [5, 5.41) is 3.37. The highest BCUT2D eigenvalue weighted by Crippen LogP contribution is 2.35. The van der Waals surface area contributed by atoms with Crippen molar-refractivity contribution in [1.29, 1.82) is 0 Å². The molecule has 1 atom stereocenters. The minimum atomic E-state index is -0.226. The van der Waals surface area contributed by atoms with Crippen molar-refractivity contribution in [2.75, 3.05) is 12.1 Å². The first kappa shape index (κ1) is 13.5. The standard InChI is InChI=1S/C15H13FINO2/c1-9(18-13-4-3-11(16)7-12(13)17)10-2-5-14-15(6-10)20-8-19-14/h2-7,9,18H,8H2,1H3. The Bertz CT molecular complexity index is 648. The van der Waals surface area contributed by atoms with Gasteiger partial charge in [-0.1, -0.05) is 6.07 Å². The molecule has 1 N–H and O–H groups in total. The van der Waals surface area contributed by atoms with Crippen LogP contribution in [-0.2, 0) is 0 Å². The van der Waals surface area contributed by atoms with Gasteiger partial charge in [-0.05, 0) is 65.4 Å². The largest absolute Gasteiger partial charge is 0.454 e. The van der Waals surface area contributed by atoms with E-state index < -0.39 is 0 Å². The Balaban J connectivity index is 1.80. The highest BCUT2D eigenvalue weighted by Gasteiger charge is 2.16. The summed E-state index contributed by atoms with van der Waals surface area (Å²) < 4.78 is 24.6. The molecule has 20 heavy (non-hydrogen) atoms. The molecule has 3 nitrogen and oxygen atoms in total. The van der Waals surface area contributed by atoms with Crippen molar-refractivity contribution < 1.29 is 13.9 Å². The molecule has 0 bridgehead atoms. The number of benzene rings is 2. The molecule has 0 saturated carbocycles. The van der Waals surface area contributed by atoms with Crippen molar-refractivity contribution in [2.45, 2.75) is 13.0 Å². The molecule has 1 aliphatic heterocycles. The van der Waals surface area contributed by atoms with Gasteiger partial charge in [0.05, 0.1) is 0 Å². The monoisotopic (exact) mass is 385 g/mol. The second kappa shape index (κ2) is 5.47. The van der Waals surface area contributed by atoms with Crippen LogP contribution < -0.4 is 14.8 Å². The molecule has 5 heteroatoms. The third kappa shape index (κ3) is 2.67. The van der Waals surface area contributed by atoms with Crippen LogP contribution in [0, 0.1) is 9.39 Å². The maximum Gasteiger partial charge on any atom is 0.231 e. The molecule has 0 fully saturated rings. The van der Waals surface area contributed by atoms with E-state index in [-0.39, 0.29) is 18.7 Å². The van der Waals surface area contributed by atoms with Crippen LogP contribution in [0.1, 0.15) is 18.5 Å². The van der Waals surface area contributed by atoms with E-state index in [1.807, 2.05) is 18.2 Å². The zero-order chi connectivity index (χ0) is 14.1. The van der Waals surface area contributed by atoms with Crippen molar-refractivity contribution >= 4 is 28.3 Å². The number of anilines is 1. The topological polar surface area (TPSA) is 30.5 Å². The Hall–Kier alpha value is -1.50. The van der Waals surface area contributed by atoms with Gasteiger partial charge in [-0.3, -0.25) is 0 Å².